The van der Waals surface area contributed by atoms with Gasteiger partial charge in [-0.2, -0.15) is 0 Å². The lowest BCUT2D eigenvalue weighted by Gasteiger charge is -2.25. The van der Waals surface area contributed by atoms with Crippen LogP contribution in [0.4, 0.5) is 0 Å². The number of ether oxygens (including phenoxy) is 1. The smallest absolute Gasteiger partial charge is 0.295 e. The number of hydrogen-bond acceptors (Lipinski definition) is 4. The van der Waals surface area contributed by atoms with E-state index in [0.29, 0.717) is 28.2 Å². The van der Waals surface area contributed by atoms with E-state index in [1.807, 2.05) is 31.2 Å². The molecule has 164 valence electrons. The minimum Gasteiger partial charge on any atom is -0.507 e. The number of amides is 1. The number of Topliss-reactive ketones (excluding diaryl/α,β-unsaturated/α-hetero) is 1. The summed E-state index contributed by atoms with van der Waals surface area (Å²) < 4.78 is 5.90. The molecular formula is C25H28BrNO4. The average molecular weight is 486 g/mol. The van der Waals surface area contributed by atoms with E-state index < -0.39 is 17.7 Å². The van der Waals surface area contributed by atoms with Crippen molar-refractivity contribution in [3.63, 3.8) is 0 Å². The molecule has 0 radical (unpaired) electrons. The first-order chi connectivity index (χ1) is 14.8. The summed E-state index contributed by atoms with van der Waals surface area (Å²) >= 11 is 3.42. The van der Waals surface area contributed by atoms with E-state index in [0.717, 1.165) is 18.4 Å². The molecule has 1 unspecified atom stereocenters. The number of methoxy groups -OCH3 is 1. The molecule has 1 atom stereocenters. The Morgan fingerprint density at radius 1 is 1.16 bits per heavy atom. The number of ketones is 1. The second-order valence-corrected chi connectivity index (χ2v) is 8.87. The van der Waals surface area contributed by atoms with Gasteiger partial charge in [0.1, 0.15) is 11.5 Å². The molecule has 0 spiro atoms. The van der Waals surface area contributed by atoms with Crippen LogP contribution in [0.5, 0.6) is 5.75 Å². The van der Waals surface area contributed by atoms with Crippen molar-refractivity contribution in [3.8, 4) is 5.75 Å². The molecular weight excluding hydrogens is 458 g/mol. The van der Waals surface area contributed by atoms with Crippen molar-refractivity contribution in [2.24, 2.45) is 0 Å². The number of rotatable bonds is 7. The maximum Gasteiger partial charge on any atom is 0.295 e. The molecule has 0 saturated carbocycles. The highest BCUT2D eigenvalue weighted by Gasteiger charge is 2.45. The lowest BCUT2D eigenvalue weighted by Crippen LogP contribution is -2.30. The predicted octanol–water partition coefficient (Wildman–Crippen LogP) is 5.80. The van der Waals surface area contributed by atoms with Crippen LogP contribution in [0.2, 0.25) is 0 Å². The third-order valence-corrected chi connectivity index (χ3v) is 6.26. The van der Waals surface area contributed by atoms with E-state index in [9.17, 15) is 14.7 Å². The van der Waals surface area contributed by atoms with E-state index in [4.69, 9.17) is 4.74 Å². The molecule has 1 heterocycles. The second kappa shape index (κ2) is 9.69. The summed E-state index contributed by atoms with van der Waals surface area (Å²) in [5.41, 5.74) is 2.56. The number of carbonyl (C=O) groups is 2. The third kappa shape index (κ3) is 4.54. The van der Waals surface area contributed by atoms with Crippen molar-refractivity contribution in [3.05, 3.63) is 69.2 Å². The Morgan fingerprint density at radius 2 is 1.84 bits per heavy atom. The number of likely N-dealkylation sites (tertiary alicyclic amines) is 1. The molecule has 6 heteroatoms. The molecule has 3 rings (SSSR count). The third-order valence-electron chi connectivity index (χ3n) is 5.64. The van der Waals surface area contributed by atoms with Crippen LogP contribution in [0.3, 0.4) is 0 Å². The lowest BCUT2D eigenvalue weighted by atomic mass is 9.93. The number of carbonyl (C=O) groups excluding carboxylic acids is 2. The summed E-state index contributed by atoms with van der Waals surface area (Å²) in [6.07, 6.45) is 1.68. The van der Waals surface area contributed by atoms with Gasteiger partial charge in [0.25, 0.3) is 11.7 Å². The molecule has 5 nitrogen and oxygen atoms in total. The summed E-state index contributed by atoms with van der Waals surface area (Å²) in [7, 11) is 1.56. The van der Waals surface area contributed by atoms with Crippen LogP contribution in [-0.4, -0.2) is 35.4 Å². The highest BCUT2D eigenvalue weighted by Crippen LogP contribution is 2.40. The molecule has 1 aliphatic rings. The second-order valence-electron chi connectivity index (χ2n) is 8.02. The Balaban J connectivity index is 2.14. The first-order valence-corrected chi connectivity index (χ1v) is 11.3. The molecule has 1 saturated heterocycles. The summed E-state index contributed by atoms with van der Waals surface area (Å²) in [4.78, 5) is 27.5. The number of halogens is 1. The number of nitrogens with zero attached hydrogens (tertiary/aromatic N) is 1. The molecule has 1 fully saturated rings. The SMILES string of the molecule is CCCCN1C(=O)C(=O)/C(=C(\O)c2ccc(OC)c(Br)c2)C1c1ccc(C(C)C)cc1. The van der Waals surface area contributed by atoms with E-state index in [1.165, 1.54) is 5.56 Å². The quantitative estimate of drug-likeness (QED) is 0.305. The van der Waals surface area contributed by atoms with Gasteiger partial charge in [-0.25, -0.2) is 0 Å². The first kappa shape index (κ1) is 23.1. The highest BCUT2D eigenvalue weighted by molar-refractivity contribution is 9.10. The molecule has 2 aromatic rings. The summed E-state index contributed by atoms with van der Waals surface area (Å²) in [6.45, 7) is 6.73. The molecule has 1 amide bonds. The zero-order valence-electron chi connectivity index (χ0n) is 18.3. The van der Waals surface area contributed by atoms with Crippen LogP contribution in [0.1, 0.15) is 62.3 Å². The van der Waals surface area contributed by atoms with Gasteiger partial charge < -0.3 is 14.7 Å². The van der Waals surface area contributed by atoms with Gasteiger partial charge in [0.15, 0.2) is 0 Å². The minimum atomic E-state index is -0.654. The van der Waals surface area contributed by atoms with E-state index >= 15 is 0 Å². The van der Waals surface area contributed by atoms with Crippen LogP contribution in [0.15, 0.2) is 52.5 Å². The maximum absolute atomic E-state index is 13.0. The molecule has 0 aliphatic carbocycles. The van der Waals surface area contributed by atoms with Crippen molar-refractivity contribution in [2.45, 2.75) is 45.6 Å². The van der Waals surface area contributed by atoms with Gasteiger partial charge in [0.05, 0.1) is 23.2 Å². The number of hydrogen-bond donors (Lipinski definition) is 1. The summed E-state index contributed by atoms with van der Waals surface area (Å²) in [6, 6.07) is 12.4. The van der Waals surface area contributed by atoms with Crippen LogP contribution in [-0.2, 0) is 9.59 Å². The number of aliphatic hydroxyl groups is 1. The maximum atomic E-state index is 13.0. The largest absolute Gasteiger partial charge is 0.507 e. The highest BCUT2D eigenvalue weighted by atomic mass is 79.9. The van der Waals surface area contributed by atoms with Gasteiger partial charge in [-0.15, -0.1) is 0 Å². The molecule has 1 aliphatic heterocycles. The van der Waals surface area contributed by atoms with Crippen LogP contribution in [0.25, 0.3) is 5.76 Å². The Morgan fingerprint density at radius 3 is 2.39 bits per heavy atom. The zero-order chi connectivity index (χ0) is 22.7. The van der Waals surface area contributed by atoms with Crippen molar-refractivity contribution >= 4 is 33.4 Å². The van der Waals surface area contributed by atoms with Gasteiger partial charge in [0.2, 0.25) is 0 Å². The van der Waals surface area contributed by atoms with Gasteiger partial charge in [-0.05, 0) is 57.6 Å². The summed E-state index contributed by atoms with van der Waals surface area (Å²) in [5, 5.41) is 11.1. The normalized spacial score (nSPS) is 18.1. The Hall–Kier alpha value is -2.60. The predicted molar refractivity (Wildman–Crippen MR) is 125 cm³/mol. The molecule has 1 N–H and O–H groups in total. The van der Waals surface area contributed by atoms with Crippen LogP contribution < -0.4 is 4.74 Å². The monoisotopic (exact) mass is 485 g/mol. The Kier molecular flexibility index (Phi) is 7.21. The molecule has 0 bridgehead atoms. The van der Waals surface area contributed by atoms with E-state index in [-0.39, 0.29) is 11.3 Å². The number of benzene rings is 2. The van der Waals surface area contributed by atoms with Gasteiger partial charge in [-0.1, -0.05) is 51.5 Å². The van der Waals surface area contributed by atoms with E-state index in [1.54, 1.807) is 30.2 Å². The van der Waals surface area contributed by atoms with Crippen molar-refractivity contribution in [1.29, 1.82) is 0 Å². The fourth-order valence-electron chi connectivity index (χ4n) is 3.82. The molecule has 2 aromatic carbocycles. The van der Waals surface area contributed by atoms with Crippen molar-refractivity contribution < 1.29 is 19.4 Å². The van der Waals surface area contributed by atoms with Crippen molar-refractivity contribution in [2.75, 3.05) is 13.7 Å². The van der Waals surface area contributed by atoms with Gasteiger partial charge in [0, 0.05) is 12.1 Å². The standard InChI is InChI=1S/C25H28BrNO4/c1-5-6-13-27-22(17-9-7-16(8-10-17)15(2)3)21(24(29)25(27)30)23(28)18-11-12-20(31-4)19(26)14-18/h7-12,14-15,22,28H,5-6,13H2,1-4H3/b23-21-. The minimum absolute atomic E-state index is 0.121. The first-order valence-electron chi connectivity index (χ1n) is 10.5. The topological polar surface area (TPSA) is 66.8 Å². The van der Waals surface area contributed by atoms with Crippen LogP contribution in [0, 0.1) is 0 Å². The molecule has 0 aromatic heterocycles. The van der Waals surface area contributed by atoms with E-state index in [2.05, 4.69) is 29.8 Å². The van der Waals surface area contributed by atoms with Gasteiger partial charge in [-0.3, -0.25) is 9.59 Å². The van der Waals surface area contributed by atoms with Crippen LogP contribution >= 0.6 is 15.9 Å². The number of unbranched alkanes of at least 4 members (excludes halogenated alkanes) is 1. The Labute approximate surface area is 191 Å². The van der Waals surface area contributed by atoms with Gasteiger partial charge >= 0.3 is 0 Å². The molecule has 31 heavy (non-hydrogen) atoms. The van der Waals surface area contributed by atoms with Crippen molar-refractivity contribution in [1.82, 2.24) is 4.90 Å². The fraction of sp³-hybridized carbons (Fsp3) is 0.360. The Bertz CT molecular complexity index is 1010. The summed E-state index contributed by atoms with van der Waals surface area (Å²) in [5.74, 6) is -0.421. The average Bonchev–Trinajstić information content (AvgIpc) is 3.01. The number of aliphatic hydroxyl groups excluding tert-OH is 1. The zero-order valence-corrected chi connectivity index (χ0v) is 19.9. The fourth-order valence-corrected chi connectivity index (χ4v) is 4.36. The lowest BCUT2D eigenvalue weighted by molar-refractivity contribution is -0.139.